The first-order valence-electron chi connectivity index (χ1n) is 9.91. The molecule has 1 unspecified atom stereocenters. The fourth-order valence-corrected chi connectivity index (χ4v) is 3.98. The number of nitrogens with zero attached hydrogens (tertiary/aromatic N) is 4. The second-order valence-electron chi connectivity index (χ2n) is 7.64. The van der Waals surface area contributed by atoms with Gasteiger partial charge in [0.05, 0.1) is 25.3 Å². The van der Waals surface area contributed by atoms with E-state index in [4.69, 9.17) is 9.26 Å². The first-order valence-corrected chi connectivity index (χ1v) is 9.91. The Hall–Kier alpha value is -2.87. The van der Waals surface area contributed by atoms with Crippen molar-refractivity contribution < 1.29 is 18.8 Å². The van der Waals surface area contributed by atoms with Gasteiger partial charge in [0.15, 0.2) is 5.76 Å². The van der Waals surface area contributed by atoms with Crippen LogP contribution in [0.2, 0.25) is 0 Å². The molecule has 0 spiro atoms. The molecular weight excluding hydrogens is 372 g/mol. The Kier molecular flexibility index (Phi) is 5.53. The fraction of sp³-hybridized carbons (Fsp3) is 0.476. The number of hydrogen-bond acceptors (Lipinski definition) is 6. The highest BCUT2D eigenvalue weighted by molar-refractivity contribution is 6.00. The van der Waals surface area contributed by atoms with Gasteiger partial charge in [-0.3, -0.25) is 14.5 Å². The number of ether oxygens (including phenoxy) is 1. The van der Waals surface area contributed by atoms with E-state index in [0.717, 1.165) is 36.0 Å². The zero-order chi connectivity index (χ0) is 20.4. The minimum Gasteiger partial charge on any atom is -0.497 e. The smallest absolute Gasteiger partial charge is 0.228 e. The Bertz CT molecular complexity index is 871. The summed E-state index contributed by atoms with van der Waals surface area (Å²) in [7, 11) is 1.61. The standard InChI is InChI=1S/C21H26N4O4/c1-15-11-19(29-22-15)14-23-7-9-24(10-8-23)21(27)16-12-20(26)25(13-16)17-3-5-18(28-2)6-4-17/h3-6,11,16H,7-10,12-14H2,1-2H3. The van der Waals surface area contributed by atoms with E-state index >= 15 is 0 Å². The molecule has 2 amide bonds. The van der Waals surface area contributed by atoms with Crippen LogP contribution >= 0.6 is 0 Å². The van der Waals surface area contributed by atoms with Crippen molar-refractivity contribution in [1.29, 1.82) is 0 Å². The van der Waals surface area contributed by atoms with Crippen LogP contribution in [0.4, 0.5) is 5.69 Å². The molecule has 1 atom stereocenters. The summed E-state index contributed by atoms with van der Waals surface area (Å²) in [6.45, 7) is 5.94. The molecule has 154 valence electrons. The Morgan fingerprint density at radius 3 is 2.55 bits per heavy atom. The van der Waals surface area contributed by atoms with Crippen LogP contribution in [0, 0.1) is 12.8 Å². The zero-order valence-corrected chi connectivity index (χ0v) is 16.8. The van der Waals surface area contributed by atoms with Crippen LogP contribution in [0.1, 0.15) is 17.9 Å². The Balaban J connectivity index is 1.31. The second kappa shape index (κ2) is 8.24. The lowest BCUT2D eigenvalue weighted by Gasteiger charge is -2.35. The summed E-state index contributed by atoms with van der Waals surface area (Å²) in [6.07, 6.45) is 0.266. The van der Waals surface area contributed by atoms with Crippen LogP contribution in [0.25, 0.3) is 0 Å². The first kappa shape index (κ1) is 19.4. The number of benzene rings is 1. The van der Waals surface area contributed by atoms with Crippen molar-refractivity contribution in [3.05, 3.63) is 41.8 Å². The fourth-order valence-electron chi connectivity index (χ4n) is 3.98. The molecular formula is C21H26N4O4. The monoisotopic (exact) mass is 398 g/mol. The topological polar surface area (TPSA) is 79.1 Å². The summed E-state index contributed by atoms with van der Waals surface area (Å²) in [5.41, 5.74) is 1.68. The largest absolute Gasteiger partial charge is 0.497 e. The van der Waals surface area contributed by atoms with Gasteiger partial charge in [-0.1, -0.05) is 5.16 Å². The normalized spacial score (nSPS) is 20.3. The molecule has 0 radical (unpaired) electrons. The van der Waals surface area contributed by atoms with Crippen LogP contribution < -0.4 is 9.64 Å². The first-order chi connectivity index (χ1) is 14.0. The van der Waals surface area contributed by atoms with Gasteiger partial charge in [0.25, 0.3) is 0 Å². The van der Waals surface area contributed by atoms with Crippen molar-refractivity contribution in [3.8, 4) is 5.75 Å². The third-order valence-electron chi connectivity index (χ3n) is 5.60. The van der Waals surface area contributed by atoms with Gasteiger partial charge in [-0.25, -0.2) is 0 Å². The Morgan fingerprint density at radius 1 is 1.21 bits per heavy atom. The summed E-state index contributed by atoms with van der Waals surface area (Å²) < 4.78 is 10.4. The Labute approximate surface area is 170 Å². The maximum Gasteiger partial charge on any atom is 0.228 e. The highest BCUT2D eigenvalue weighted by atomic mass is 16.5. The number of amides is 2. The third-order valence-corrected chi connectivity index (χ3v) is 5.60. The van der Waals surface area contributed by atoms with Crippen molar-refractivity contribution in [1.82, 2.24) is 15.0 Å². The van der Waals surface area contributed by atoms with Crippen molar-refractivity contribution in [2.45, 2.75) is 19.9 Å². The molecule has 0 N–H and O–H groups in total. The van der Waals surface area contributed by atoms with E-state index in [2.05, 4.69) is 10.1 Å². The van der Waals surface area contributed by atoms with Crippen LogP contribution in [0.5, 0.6) is 5.75 Å². The zero-order valence-electron chi connectivity index (χ0n) is 16.8. The van der Waals surface area contributed by atoms with E-state index in [0.29, 0.717) is 26.2 Å². The maximum atomic E-state index is 13.0. The molecule has 0 bridgehead atoms. The molecule has 0 aliphatic carbocycles. The number of rotatable bonds is 5. The molecule has 8 nitrogen and oxygen atoms in total. The number of carbonyl (C=O) groups is 2. The number of carbonyl (C=O) groups excluding carboxylic acids is 2. The van der Waals surface area contributed by atoms with Gasteiger partial charge in [0, 0.05) is 50.9 Å². The van der Waals surface area contributed by atoms with E-state index in [1.54, 1.807) is 12.0 Å². The van der Waals surface area contributed by atoms with Gasteiger partial charge in [0.2, 0.25) is 11.8 Å². The van der Waals surface area contributed by atoms with Crippen molar-refractivity contribution in [2.75, 3.05) is 44.7 Å². The lowest BCUT2D eigenvalue weighted by Crippen LogP contribution is -2.50. The van der Waals surface area contributed by atoms with Gasteiger partial charge in [0.1, 0.15) is 5.75 Å². The molecule has 2 fully saturated rings. The highest BCUT2D eigenvalue weighted by Gasteiger charge is 2.38. The summed E-state index contributed by atoms with van der Waals surface area (Å²) in [5.74, 6) is 1.37. The molecule has 2 aliphatic heterocycles. The van der Waals surface area contributed by atoms with Gasteiger partial charge in [-0.15, -0.1) is 0 Å². The van der Waals surface area contributed by atoms with E-state index in [9.17, 15) is 9.59 Å². The molecule has 2 aromatic rings. The summed E-state index contributed by atoms with van der Waals surface area (Å²) >= 11 is 0. The molecule has 8 heteroatoms. The lowest BCUT2D eigenvalue weighted by molar-refractivity contribution is -0.137. The van der Waals surface area contributed by atoms with E-state index in [1.165, 1.54) is 0 Å². The summed E-state index contributed by atoms with van der Waals surface area (Å²) in [6, 6.07) is 9.30. The van der Waals surface area contributed by atoms with E-state index in [1.807, 2.05) is 42.2 Å². The average molecular weight is 398 g/mol. The molecule has 3 heterocycles. The minimum absolute atomic E-state index is 0.00663. The lowest BCUT2D eigenvalue weighted by atomic mass is 10.1. The molecule has 0 saturated carbocycles. The highest BCUT2D eigenvalue weighted by Crippen LogP contribution is 2.28. The van der Waals surface area contributed by atoms with Crippen molar-refractivity contribution >= 4 is 17.5 Å². The van der Waals surface area contributed by atoms with Gasteiger partial charge >= 0.3 is 0 Å². The van der Waals surface area contributed by atoms with Crippen LogP contribution in [-0.2, 0) is 16.1 Å². The SMILES string of the molecule is COc1ccc(N2CC(C(=O)N3CCN(Cc4cc(C)no4)CC3)CC2=O)cc1. The molecule has 2 aliphatic rings. The van der Waals surface area contributed by atoms with Crippen LogP contribution in [0.15, 0.2) is 34.9 Å². The summed E-state index contributed by atoms with van der Waals surface area (Å²) in [4.78, 5) is 31.3. The van der Waals surface area contributed by atoms with Crippen LogP contribution in [-0.4, -0.2) is 66.6 Å². The summed E-state index contributed by atoms with van der Waals surface area (Å²) in [5, 5.41) is 3.92. The minimum atomic E-state index is -0.284. The number of piperazine rings is 1. The van der Waals surface area contributed by atoms with Crippen molar-refractivity contribution in [2.24, 2.45) is 5.92 Å². The van der Waals surface area contributed by atoms with Gasteiger partial charge in [-0.05, 0) is 31.2 Å². The van der Waals surface area contributed by atoms with Gasteiger partial charge < -0.3 is 19.1 Å². The van der Waals surface area contributed by atoms with Gasteiger partial charge in [-0.2, -0.15) is 0 Å². The number of hydrogen-bond donors (Lipinski definition) is 0. The molecule has 1 aromatic heterocycles. The van der Waals surface area contributed by atoms with E-state index in [-0.39, 0.29) is 24.2 Å². The number of methoxy groups -OCH3 is 1. The van der Waals surface area contributed by atoms with Crippen molar-refractivity contribution in [3.63, 3.8) is 0 Å². The quantitative estimate of drug-likeness (QED) is 0.763. The number of aromatic nitrogens is 1. The Morgan fingerprint density at radius 2 is 1.93 bits per heavy atom. The number of anilines is 1. The molecule has 4 rings (SSSR count). The molecule has 29 heavy (non-hydrogen) atoms. The van der Waals surface area contributed by atoms with E-state index < -0.39 is 0 Å². The predicted molar refractivity (Wildman–Crippen MR) is 107 cm³/mol. The average Bonchev–Trinajstić information content (AvgIpc) is 3.33. The van der Waals surface area contributed by atoms with Crippen LogP contribution in [0.3, 0.4) is 0 Å². The molecule has 2 saturated heterocycles. The maximum absolute atomic E-state index is 13.0. The number of aryl methyl sites for hydroxylation is 1. The predicted octanol–water partition coefficient (Wildman–Crippen LogP) is 1.69. The molecule has 1 aromatic carbocycles. The second-order valence-corrected chi connectivity index (χ2v) is 7.64. The third kappa shape index (κ3) is 4.27.